The van der Waals surface area contributed by atoms with Crippen molar-refractivity contribution in [3.05, 3.63) is 21.3 Å². The summed E-state index contributed by atoms with van der Waals surface area (Å²) in [5.74, 6) is 0.701. The van der Waals surface area contributed by atoms with E-state index in [0.717, 1.165) is 11.4 Å². The highest BCUT2D eigenvalue weighted by Gasteiger charge is 2.02. The number of hydrogen-bond donors (Lipinski definition) is 0. The Hall–Kier alpha value is -0.0100. The summed E-state index contributed by atoms with van der Waals surface area (Å²) in [5, 5.41) is 5.04. The molecule has 0 aliphatic carbocycles. The SMILES string of the molecule is CC(C)Cc1cscc1Cl. The monoisotopic (exact) mass is 174 g/mol. The van der Waals surface area contributed by atoms with Crippen LogP contribution in [0.5, 0.6) is 0 Å². The minimum atomic E-state index is 0.701. The zero-order chi connectivity index (χ0) is 7.56. The van der Waals surface area contributed by atoms with Gasteiger partial charge in [0.1, 0.15) is 0 Å². The molecule has 1 rings (SSSR count). The van der Waals surface area contributed by atoms with Gasteiger partial charge in [-0.15, -0.1) is 0 Å². The Kier molecular flexibility index (Phi) is 2.75. The van der Waals surface area contributed by atoms with E-state index in [4.69, 9.17) is 11.6 Å². The van der Waals surface area contributed by atoms with Crippen LogP contribution in [-0.2, 0) is 6.42 Å². The maximum atomic E-state index is 5.89. The van der Waals surface area contributed by atoms with Crippen molar-refractivity contribution in [2.24, 2.45) is 5.92 Å². The Morgan fingerprint density at radius 2 is 2.20 bits per heavy atom. The molecule has 0 aliphatic heterocycles. The molecule has 0 aliphatic rings. The van der Waals surface area contributed by atoms with E-state index >= 15 is 0 Å². The lowest BCUT2D eigenvalue weighted by Gasteiger charge is -2.01. The van der Waals surface area contributed by atoms with Crippen LogP contribution in [0.4, 0.5) is 0 Å². The lowest BCUT2D eigenvalue weighted by Crippen LogP contribution is -1.91. The van der Waals surface area contributed by atoms with Crippen molar-refractivity contribution < 1.29 is 0 Å². The molecule has 10 heavy (non-hydrogen) atoms. The predicted octanol–water partition coefficient (Wildman–Crippen LogP) is 3.60. The van der Waals surface area contributed by atoms with Gasteiger partial charge in [0.05, 0.1) is 5.02 Å². The van der Waals surface area contributed by atoms with Crippen LogP contribution in [0.25, 0.3) is 0 Å². The summed E-state index contributed by atoms with van der Waals surface area (Å²) >= 11 is 7.57. The smallest absolute Gasteiger partial charge is 0.0545 e. The number of halogens is 1. The Morgan fingerprint density at radius 1 is 1.50 bits per heavy atom. The number of thiophene rings is 1. The van der Waals surface area contributed by atoms with Crippen molar-refractivity contribution in [3.63, 3.8) is 0 Å². The molecule has 0 spiro atoms. The first-order valence-corrected chi connectivity index (χ1v) is 4.73. The Labute approximate surface area is 70.8 Å². The van der Waals surface area contributed by atoms with Crippen molar-refractivity contribution in [3.8, 4) is 0 Å². The summed E-state index contributed by atoms with van der Waals surface area (Å²) in [7, 11) is 0. The zero-order valence-electron chi connectivity index (χ0n) is 6.23. The fraction of sp³-hybridized carbons (Fsp3) is 0.500. The van der Waals surface area contributed by atoms with Crippen LogP contribution in [0.2, 0.25) is 5.02 Å². The van der Waals surface area contributed by atoms with Crippen LogP contribution in [0.15, 0.2) is 10.8 Å². The Balaban J connectivity index is 2.65. The fourth-order valence-electron chi connectivity index (χ4n) is 0.893. The molecule has 0 fully saturated rings. The van der Waals surface area contributed by atoms with Crippen LogP contribution in [0.1, 0.15) is 19.4 Å². The summed E-state index contributed by atoms with van der Waals surface area (Å²) in [6, 6.07) is 0. The molecular weight excluding hydrogens is 164 g/mol. The van der Waals surface area contributed by atoms with E-state index in [1.807, 2.05) is 5.38 Å². The summed E-state index contributed by atoms with van der Waals surface area (Å²) < 4.78 is 0. The third-order valence-corrected chi connectivity index (χ3v) is 2.59. The molecule has 0 aromatic carbocycles. The van der Waals surface area contributed by atoms with Gasteiger partial charge in [-0.25, -0.2) is 0 Å². The molecule has 56 valence electrons. The average Bonchev–Trinajstić information content (AvgIpc) is 2.15. The van der Waals surface area contributed by atoms with Gasteiger partial charge in [0.25, 0.3) is 0 Å². The first-order chi connectivity index (χ1) is 4.70. The van der Waals surface area contributed by atoms with Gasteiger partial charge >= 0.3 is 0 Å². The highest BCUT2D eigenvalue weighted by molar-refractivity contribution is 7.08. The molecule has 0 nitrogen and oxygen atoms in total. The van der Waals surface area contributed by atoms with Gasteiger partial charge in [-0.2, -0.15) is 11.3 Å². The van der Waals surface area contributed by atoms with Crippen LogP contribution in [0, 0.1) is 5.92 Å². The van der Waals surface area contributed by atoms with E-state index in [2.05, 4.69) is 19.2 Å². The van der Waals surface area contributed by atoms with Gasteiger partial charge in [0.15, 0.2) is 0 Å². The summed E-state index contributed by atoms with van der Waals surface area (Å²) in [5.41, 5.74) is 1.29. The van der Waals surface area contributed by atoms with Gasteiger partial charge in [-0.3, -0.25) is 0 Å². The molecule has 1 heterocycles. The molecule has 0 N–H and O–H groups in total. The second-order valence-electron chi connectivity index (χ2n) is 2.84. The predicted molar refractivity (Wildman–Crippen MR) is 47.9 cm³/mol. The maximum absolute atomic E-state index is 5.89. The minimum Gasteiger partial charge on any atom is -0.151 e. The molecule has 0 bridgehead atoms. The Morgan fingerprint density at radius 3 is 2.60 bits per heavy atom. The first-order valence-electron chi connectivity index (χ1n) is 3.40. The Bertz CT molecular complexity index is 203. The second-order valence-corrected chi connectivity index (χ2v) is 3.99. The van der Waals surface area contributed by atoms with Crippen molar-refractivity contribution >= 4 is 22.9 Å². The molecule has 1 aromatic rings. The van der Waals surface area contributed by atoms with Crippen molar-refractivity contribution in [2.75, 3.05) is 0 Å². The molecule has 2 heteroatoms. The molecule has 0 saturated carbocycles. The quantitative estimate of drug-likeness (QED) is 0.643. The summed E-state index contributed by atoms with van der Waals surface area (Å²) in [6.07, 6.45) is 1.10. The van der Waals surface area contributed by atoms with E-state index in [1.54, 1.807) is 11.3 Å². The minimum absolute atomic E-state index is 0.701. The second kappa shape index (κ2) is 3.40. The van der Waals surface area contributed by atoms with Crippen molar-refractivity contribution in [2.45, 2.75) is 20.3 Å². The molecule has 0 unspecified atom stereocenters. The molecule has 1 aromatic heterocycles. The molecule has 0 radical (unpaired) electrons. The standard InChI is InChI=1S/C8H11ClS/c1-6(2)3-7-4-10-5-8(7)9/h4-6H,3H2,1-2H3. The van der Waals surface area contributed by atoms with E-state index in [9.17, 15) is 0 Å². The lowest BCUT2D eigenvalue weighted by molar-refractivity contribution is 0.649. The zero-order valence-corrected chi connectivity index (χ0v) is 7.80. The first kappa shape index (κ1) is 8.09. The van der Waals surface area contributed by atoms with E-state index in [-0.39, 0.29) is 0 Å². The van der Waals surface area contributed by atoms with E-state index in [0.29, 0.717) is 5.92 Å². The van der Waals surface area contributed by atoms with Gasteiger partial charge in [-0.05, 0) is 23.3 Å². The van der Waals surface area contributed by atoms with Crippen LogP contribution >= 0.6 is 22.9 Å². The number of rotatable bonds is 2. The van der Waals surface area contributed by atoms with Crippen LogP contribution in [-0.4, -0.2) is 0 Å². The fourth-order valence-corrected chi connectivity index (χ4v) is 1.97. The van der Waals surface area contributed by atoms with Crippen LogP contribution in [0.3, 0.4) is 0 Å². The highest BCUT2D eigenvalue weighted by atomic mass is 35.5. The lowest BCUT2D eigenvalue weighted by atomic mass is 10.1. The van der Waals surface area contributed by atoms with Gasteiger partial charge in [-0.1, -0.05) is 25.4 Å². The van der Waals surface area contributed by atoms with E-state index in [1.165, 1.54) is 5.56 Å². The molecule has 0 saturated heterocycles. The van der Waals surface area contributed by atoms with E-state index < -0.39 is 0 Å². The van der Waals surface area contributed by atoms with Crippen LogP contribution < -0.4 is 0 Å². The third kappa shape index (κ3) is 1.99. The van der Waals surface area contributed by atoms with Gasteiger partial charge < -0.3 is 0 Å². The molecular formula is C8H11ClS. The van der Waals surface area contributed by atoms with Crippen molar-refractivity contribution in [1.82, 2.24) is 0 Å². The van der Waals surface area contributed by atoms with Gasteiger partial charge in [0, 0.05) is 5.38 Å². The number of hydrogen-bond acceptors (Lipinski definition) is 1. The summed E-state index contributed by atoms with van der Waals surface area (Å²) in [4.78, 5) is 0. The largest absolute Gasteiger partial charge is 0.151 e. The topological polar surface area (TPSA) is 0 Å². The summed E-state index contributed by atoms with van der Waals surface area (Å²) in [6.45, 7) is 4.40. The molecule has 0 atom stereocenters. The average molecular weight is 175 g/mol. The third-order valence-electron chi connectivity index (χ3n) is 1.32. The normalized spacial score (nSPS) is 10.8. The highest BCUT2D eigenvalue weighted by Crippen LogP contribution is 2.22. The molecule has 0 amide bonds. The van der Waals surface area contributed by atoms with Crippen molar-refractivity contribution in [1.29, 1.82) is 0 Å². The van der Waals surface area contributed by atoms with Gasteiger partial charge in [0.2, 0.25) is 0 Å². The maximum Gasteiger partial charge on any atom is 0.0545 e.